The lowest BCUT2D eigenvalue weighted by atomic mass is 9.94. The van der Waals surface area contributed by atoms with Crippen LogP contribution < -0.4 is 5.14 Å². The van der Waals surface area contributed by atoms with Crippen molar-refractivity contribution in [3.63, 3.8) is 0 Å². The standard InChI is InChI=1S/C19H19F2NO2S/c1-11-6-7-13(8-12(11)2)14-4-3-5-15(14)16-9-18(21)19(10-17(16)20)25(22,23)24/h6-10H,3-5H2,1-2H3,(H2,22,23,24). The van der Waals surface area contributed by atoms with Gasteiger partial charge in [0.25, 0.3) is 0 Å². The zero-order chi connectivity index (χ0) is 18.4. The number of benzene rings is 2. The van der Waals surface area contributed by atoms with E-state index in [1.54, 1.807) is 0 Å². The minimum absolute atomic E-state index is 0.107. The van der Waals surface area contributed by atoms with Gasteiger partial charge in [-0.3, -0.25) is 0 Å². The lowest BCUT2D eigenvalue weighted by molar-refractivity contribution is 0.552. The summed E-state index contributed by atoms with van der Waals surface area (Å²) in [4.78, 5) is -0.819. The van der Waals surface area contributed by atoms with Crippen LogP contribution in [0.3, 0.4) is 0 Å². The van der Waals surface area contributed by atoms with Gasteiger partial charge in [-0.15, -0.1) is 0 Å². The van der Waals surface area contributed by atoms with E-state index >= 15 is 0 Å². The third kappa shape index (κ3) is 3.37. The van der Waals surface area contributed by atoms with Crippen molar-refractivity contribution >= 4 is 21.2 Å². The quantitative estimate of drug-likeness (QED) is 0.883. The number of nitrogens with two attached hydrogens (primary N) is 1. The molecule has 0 bridgehead atoms. The molecule has 0 spiro atoms. The van der Waals surface area contributed by atoms with Gasteiger partial charge < -0.3 is 0 Å². The van der Waals surface area contributed by atoms with Crippen molar-refractivity contribution < 1.29 is 17.2 Å². The van der Waals surface area contributed by atoms with Crippen LogP contribution in [0.25, 0.3) is 11.1 Å². The van der Waals surface area contributed by atoms with Gasteiger partial charge in [-0.05, 0) is 73.1 Å². The summed E-state index contributed by atoms with van der Waals surface area (Å²) in [5.74, 6) is -1.80. The highest BCUT2D eigenvalue weighted by molar-refractivity contribution is 7.89. The number of sulfonamides is 1. The molecule has 1 aliphatic carbocycles. The molecule has 0 unspecified atom stereocenters. The summed E-state index contributed by atoms with van der Waals surface area (Å²) >= 11 is 0. The molecule has 2 aromatic carbocycles. The van der Waals surface area contributed by atoms with Crippen LogP contribution in [0.1, 0.15) is 41.5 Å². The second kappa shape index (κ2) is 6.35. The van der Waals surface area contributed by atoms with Gasteiger partial charge >= 0.3 is 0 Å². The molecule has 0 heterocycles. The van der Waals surface area contributed by atoms with Crippen LogP contribution in [0.15, 0.2) is 35.2 Å². The Morgan fingerprint density at radius 2 is 1.60 bits per heavy atom. The van der Waals surface area contributed by atoms with Crippen molar-refractivity contribution in [3.05, 3.63) is 64.2 Å². The lowest BCUT2D eigenvalue weighted by Crippen LogP contribution is -2.15. The molecule has 0 aliphatic heterocycles. The third-order valence-corrected chi connectivity index (χ3v) is 5.65. The molecule has 3 nitrogen and oxygen atoms in total. The number of aryl methyl sites for hydroxylation is 2. The summed E-state index contributed by atoms with van der Waals surface area (Å²) in [5, 5.41) is 4.93. The van der Waals surface area contributed by atoms with E-state index in [2.05, 4.69) is 0 Å². The number of hydrogen-bond donors (Lipinski definition) is 1. The number of rotatable bonds is 3. The fourth-order valence-electron chi connectivity index (χ4n) is 3.27. The number of allylic oxidation sites excluding steroid dienone is 2. The summed E-state index contributed by atoms with van der Waals surface area (Å²) in [7, 11) is -4.30. The van der Waals surface area contributed by atoms with Crippen LogP contribution in [-0.2, 0) is 10.0 Å². The zero-order valence-electron chi connectivity index (χ0n) is 14.1. The maximum Gasteiger partial charge on any atom is 0.241 e. The molecule has 3 rings (SSSR count). The Morgan fingerprint density at radius 3 is 2.24 bits per heavy atom. The first-order valence-corrected chi connectivity index (χ1v) is 9.55. The highest BCUT2D eigenvalue weighted by atomic mass is 32.2. The highest BCUT2D eigenvalue weighted by Crippen LogP contribution is 2.41. The van der Waals surface area contributed by atoms with Gasteiger partial charge in [0.1, 0.15) is 16.5 Å². The SMILES string of the molecule is Cc1ccc(C2=C(c3cc(F)c(S(N)(=O)=O)cc3F)CCC2)cc1C. The molecule has 0 amide bonds. The van der Waals surface area contributed by atoms with Crippen LogP contribution in [0.4, 0.5) is 8.78 Å². The van der Waals surface area contributed by atoms with Crippen LogP contribution in [0.2, 0.25) is 0 Å². The van der Waals surface area contributed by atoms with Gasteiger partial charge in [0, 0.05) is 5.56 Å². The Balaban J connectivity index is 2.17. The highest BCUT2D eigenvalue weighted by Gasteiger charge is 2.24. The molecule has 0 radical (unpaired) electrons. The maximum absolute atomic E-state index is 14.5. The third-order valence-electron chi connectivity index (χ3n) is 4.73. The fraction of sp³-hybridized carbons (Fsp3) is 0.263. The molecular weight excluding hydrogens is 344 g/mol. The van der Waals surface area contributed by atoms with Crippen molar-refractivity contribution in [2.45, 2.75) is 38.0 Å². The Morgan fingerprint density at radius 1 is 0.920 bits per heavy atom. The molecule has 2 N–H and O–H groups in total. The average molecular weight is 363 g/mol. The largest absolute Gasteiger partial charge is 0.241 e. The first kappa shape index (κ1) is 17.8. The summed E-state index contributed by atoms with van der Waals surface area (Å²) in [6, 6.07) is 7.65. The van der Waals surface area contributed by atoms with Gasteiger partial charge in [-0.2, -0.15) is 0 Å². The molecule has 1 aliphatic rings. The van der Waals surface area contributed by atoms with Gasteiger partial charge in [0.15, 0.2) is 0 Å². The Kier molecular flexibility index (Phi) is 4.51. The summed E-state index contributed by atoms with van der Waals surface area (Å²) in [6.45, 7) is 4.03. The smallest absolute Gasteiger partial charge is 0.225 e. The monoisotopic (exact) mass is 363 g/mol. The maximum atomic E-state index is 14.5. The minimum Gasteiger partial charge on any atom is -0.225 e. The Bertz CT molecular complexity index is 995. The van der Waals surface area contributed by atoms with E-state index in [0.717, 1.165) is 41.2 Å². The van der Waals surface area contributed by atoms with Gasteiger partial charge in [-0.25, -0.2) is 22.3 Å². The molecule has 132 valence electrons. The van der Waals surface area contributed by atoms with Crippen LogP contribution in [-0.4, -0.2) is 8.42 Å². The second-order valence-electron chi connectivity index (χ2n) is 6.42. The van der Waals surface area contributed by atoms with Crippen molar-refractivity contribution in [1.82, 2.24) is 0 Å². The summed E-state index contributed by atoms with van der Waals surface area (Å²) in [6.07, 6.45) is 2.23. The first-order chi connectivity index (χ1) is 11.7. The normalized spacial score (nSPS) is 15.1. The molecule has 6 heteroatoms. The molecule has 2 aromatic rings. The topological polar surface area (TPSA) is 60.2 Å². The molecule has 0 aromatic heterocycles. The average Bonchev–Trinajstić information content (AvgIpc) is 3.00. The molecular formula is C19H19F2NO2S. The van der Waals surface area contributed by atoms with E-state index in [-0.39, 0.29) is 5.56 Å². The van der Waals surface area contributed by atoms with Crippen LogP contribution in [0.5, 0.6) is 0 Å². The molecule has 0 saturated carbocycles. The summed E-state index contributed by atoms with van der Waals surface area (Å²) < 4.78 is 51.4. The van der Waals surface area contributed by atoms with E-state index < -0.39 is 26.6 Å². The molecule has 0 saturated heterocycles. The second-order valence-corrected chi connectivity index (χ2v) is 7.95. The first-order valence-electron chi connectivity index (χ1n) is 8.00. The minimum atomic E-state index is -4.30. The van der Waals surface area contributed by atoms with Gasteiger partial charge in [0.05, 0.1) is 0 Å². The van der Waals surface area contributed by atoms with Crippen molar-refractivity contribution in [2.24, 2.45) is 5.14 Å². The number of halogens is 2. The lowest BCUT2D eigenvalue weighted by Gasteiger charge is -2.12. The molecule has 25 heavy (non-hydrogen) atoms. The molecule has 0 fully saturated rings. The van der Waals surface area contributed by atoms with Crippen molar-refractivity contribution in [2.75, 3.05) is 0 Å². The van der Waals surface area contributed by atoms with E-state index in [0.29, 0.717) is 12.5 Å². The zero-order valence-corrected chi connectivity index (χ0v) is 14.9. The number of primary sulfonamides is 1. The van der Waals surface area contributed by atoms with Gasteiger partial charge in [0.2, 0.25) is 10.0 Å². The van der Waals surface area contributed by atoms with Crippen molar-refractivity contribution in [1.29, 1.82) is 0 Å². The van der Waals surface area contributed by atoms with E-state index in [1.165, 1.54) is 5.56 Å². The van der Waals surface area contributed by atoms with E-state index in [9.17, 15) is 17.2 Å². The van der Waals surface area contributed by atoms with E-state index in [4.69, 9.17) is 5.14 Å². The van der Waals surface area contributed by atoms with Crippen LogP contribution in [0, 0.1) is 25.5 Å². The fourth-order valence-corrected chi connectivity index (χ4v) is 3.86. The van der Waals surface area contributed by atoms with Crippen LogP contribution >= 0.6 is 0 Å². The van der Waals surface area contributed by atoms with E-state index in [1.807, 2.05) is 32.0 Å². The van der Waals surface area contributed by atoms with Crippen molar-refractivity contribution in [3.8, 4) is 0 Å². The molecule has 0 atom stereocenters. The predicted molar refractivity (Wildman–Crippen MR) is 94.3 cm³/mol. The Labute approximate surface area is 146 Å². The summed E-state index contributed by atoms with van der Waals surface area (Å²) in [5.41, 5.74) is 5.10. The Hall–Kier alpha value is -2.05. The number of hydrogen-bond acceptors (Lipinski definition) is 2. The van der Waals surface area contributed by atoms with Gasteiger partial charge in [-0.1, -0.05) is 18.2 Å². The predicted octanol–water partition coefficient (Wildman–Crippen LogP) is 4.32.